The van der Waals surface area contributed by atoms with Gasteiger partial charge in [-0.15, -0.1) is 11.8 Å². The number of carbonyl (C=O) groups is 1. The third-order valence-electron chi connectivity index (χ3n) is 1.95. The van der Waals surface area contributed by atoms with Crippen molar-refractivity contribution in [2.24, 2.45) is 0 Å². The van der Waals surface area contributed by atoms with Gasteiger partial charge in [-0.05, 0) is 25.3 Å². The number of hydrogen-bond acceptors (Lipinski definition) is 5. The zero-order valence-corrected chi connectivity index (χ0v) is 10.2. The molecular formula is C10H12N2O4S. The first kappa shape index (κ1) is 13.5. The van der Waals surface area contributed by atoms with Crippen LogP contribution >= 0.6 is 11.8 Å². The molecule has 0 saturated carbocycles. The molecule has 1 rings (SSSR count). The number of nitro groups is 1. The number of nitrogens with one attached hydrogen (secondary N) is 1. The molecule has 0 heterocycles. The lowest BCUT2D eigenvalue weighted by Gasteiger charge is -2.05. The highest BCUT2D eigenvalue weighted by molar-refractivity contribution is 7.98. The lowest BCUT2D eigenvalue weighted by atomic mass is 10.2. The van der Waals surface area contributed by atoms with E-state index in [-0.39, 0.29) is 11.3 Å². The van der Waals surface area contributed by atoms with Crippen LogP contribution in [0.2, 0.25) is 0 Å². The maximum atomic E-state index is 11.6. The van der Waals surface area contributed by atoms with Crippen LogP contribution in [-0.2, 0) is 4.84 Å². The number of carbonyl (C=O) groups excluding carboxylic acids is 1. The second-order valence-corrected chi connectivity index (χ2v) is 3.88. The second kappa shape index (κ2) is 6.21. The van der Waals surface area contributed by atoms with Gasteiger partial charge in [0.15, 0.2) is 0 Å². The average Bonchev–Trinajstić information content (AvgIpc) is 2.34. The van der Waals surface area contributed by atoms with E-state index >= 15 is 0 Å². The molecule has 0 spiro atoms. The minimum absolute atomic E-state index is 0.00435. The second-order valence-electron chi connectivity index (χ2n) is 3.00. The Balaban J connectivity index is 3.08. The summed E-state index contributed by atoms with van der Waals surface area (Å²) in [5.74, 6) is -0.616. The van der Waals surface area contributed by atoms with Crippen LogP contribution in [0.5, 0.6) is 0 Å². The Hall–Kier alpha value is -1.60. The molecule has 1 aromatic carbocycles. The van der Waals surface area contributed by atoms with E-state index in [4.69, 9.17) is 4.84 Å². The lowest BCUT2D eigenvalue weighted by Crippen LogP contribution is -2.24. The minimum Gasteiger partial charge on any atom is -0.274 e. The van der Waals surface area contributed by atoms with Crippen LogP contribution < -0.4 is 5.48 Å². The zero-order valence-electron chi connectivity index (χ0n) is 9.43. The number of nitrogens with zero attached hydrogens (tertiary/aromatic N) is 1. The Morgan fingerprint density at radius 1 is 1.59 bits per heavy atom. The quantitative estimate of drug-likeness (QED) is 0.495. The molecule has 6 nitrogen and oxygen atoms in total. The summed E-state index contributed by atoms with van der Waals surface area (Å²) < 4.78 is 0. The van der Waals surface area contributed by atoms with Gasteiger partial charge in [-0.1, -0.05) is 0 Å². The van der Waals surface area contributed by atoms with Crippen LogP contribution in [0.1, 0.15) is 17.3 Å². The summed E-state index contributed by atoms with van der Waals surface area (Å²) in [6, 6.07) is 4.38. The van der Waals surface area contributed by atoms with Crippen molar-refractivity contribution in [2.75, 3.05) is 12.9 Å². The van der Waals surface area contributed by atoms with Crippen LogP contribution in [-0.4, -0.2) is 23.7 Å². The molecule has 17 heavy (non-hydrogen) atoms. The van der Waals surface area contributed by atoms with Crippen LogP contribution in [0.4, 0.5) is 5.69 Å². The predicted molar refractivity (Wildman–Crippen MR) is 64.0 cm³/mol. The number of nitro benzene ring substituents is 1. The van der Waals surface area contributed by atoms with E-state index in [1.165, 1.54) is 23.9 Å². The van der Waals surface area contributed by atoms with Crippen molar-refractivity contribution >= 4 is 23.4 Å². The fourth-order valence-corrected chi connectivity index (χ4v) is 1.62. The number of hydroxylamine groups is 1. The molecule has 0 fully saturated rings. The topological polar surface area (TPSA) is 81.5 Å². The molecule has 0 radical (unpaired) electrons. The van der Waals surface area contributed by atoms with E-state index in [1.54, 1.807) is 13.0 Å². The third kappa shape index (κ3) is 3.43. The number of rotatable bonds is 5. The summed E-state index contributed by atoms with van der Waals surface area (Å²) in [5.41, 5.74) is 1.90. The monoisotopic (exact) mass is 256 g/mol. The third-order valence-corrected chi connectivity index (χ3v) is 2.68. The van der Waals surface area contributed by atoms with Gasteiger partial charge < -0.3 is 0 Å². The van der Waals surface area contributed by atoms with Crippen LogP contribution in [0.15, 0.2) is 23.1 Å². The number of amides is 1. The standard InChI is InChI=1S/C10H12N2O4S/c1-3-16-11-10(13)8-6-7(17-2)4-5-9(8)12(14)15/h4-6H,3H2,1-2H3,(H,11,13). The molecule has 7 heteroatoms. The molecule has 0 atom stereocenters. The Kier molecular flexibility index (Phi) is 4.92. The van der Waals surface area contributed by atoms with E-state index in [2.05, 4.69) is 5.48 Å². The van der Waals surface area contributed by atoms with Crippen molar-refractivity contribution in [1.29, 1.82) is 0 Å². The molecule has 1 N–H and O–H groups in total. The number of hydrogen-bond donors (Lipinski definition) is 1. The maximum absolute atomic E-state index is 11.6. The first-order chi connectivity index (χ1) is 8.10. The van der Waals surface area contributed by atoms with Gasteiger partial charge in [0.1, 0.15) is 5.56 Å². The molecule has 0 aromatic heterocycles. The van der Waals surface area contributed by atoms with Crippen molar-refractivity contribution in [3.63, 3.8) is 0 Å². The first-order valence-electron chi connectivity index (χ1n) is 4.84. The van der Waals surface area contributed by atoms with E-state index < -0.39 is 10.8 Å². The molecule has 1 amide bonds. The van der Waals surface area contributed by atoms with Crippen LogP contribution in [0.3, 0.4) is 0 Å². The van der Waals surface area contributed by atoms with E-state index in [0.717, 1.165) is 4.90 Å². The smallest absolute Gasteiger partial charge is 0.274 e. The highest BCUT2D eigenvalue weighted by Gasteiger charge is 2.20. The fourth-order valence-electron chi connectivity index (χ4n) is 1.18. The van der Waals surface area contributed by atoms with Crippen LogP contribution in [0.25, 0.3) is 0 Å². The highest BCUT2D eigenvalue weighted by Crippen LogP contribution is 2.24. The maximum Gasteiger partial charge on any atom is 0.282 e. The van der Waals surface area contributed by atoms with E-state index in [9.17, 15) is 14.9 Å². The van der Waals surface area contributed by atoms with Gasteiger partial charge in [0.25, 0.3) is 11.6 Å². The molecule has 0 aliphatic rings. The first-order valence-corrected chi connectivity index (χ1v) is 6.07. The predicted octanol–water partition coefficient (Wildman–Crippen LogP) is 2.00. The molecule has 0 bridgehead atoms. The van der Waals surface area contributed by atoms with Gasteiger partial charge in [0.2, 0.25) is 0 Å². The van der Waals surface area contributed by atoms with Gasteiger partial charge in [-0.3, -0.25) is 19.7 Å². The van der Waals surface area contributed by atoms with Gasteiger partial charge in [0.05, 0.1) is 11.5 Å². The molecule has 0 saturated heterocycles. The fraction of sp³-hybridized carbons (Fsp3) is 0.300. The molecule has 92 valence electrons. The Bertz CT molecular complexity index is 436. The Morgan fingerprint density at radius 3 is 2.82 bits per heavy atom. The molecular weight excluding hydrogens is 244 g/mol. The van der Waals surface area contributed by atoms with Gasteiger partial charge in [-0.25, -0.2) is 5.48 Å². The minimum atomic E-state index is -0.616. The van der Waals surface area contributed by atoms with Crippen molar-refractivity contribution in [3.05, 3.63) is 33.9 Å². The zero-order chi connectivity index (χ0) is 12.8. The summed E-state index contributed by atoms with van der Waals surface area (Å²) in [7, 11) is 0. The average molecular weight is 256 g/mol. The Morgan fingerprint density at radius 2 is 2.29 bits per heavy atom. The van der Waals surface area contributed by atoms with Gasteiger partial charge in [0, 0.05) is 11.0 Å². The number of thioether (sulfide) groups is 1. The Labute approximate surface area is 102 Å². The molecule has 1 aromatic rings. The van der Waals surface area contributed by atoms with Crippen molar-refractivity contribution in [3.8, 4) is 0 Å². The SMILES string of the molecule is CCONC(=O)c1cc(SC)ccc1[N+](=O)[O-]. The lowest BCUT2D eigenvalue weighted by molar-refractivity contribution is -0.385. The molecule has 0 aliphatic heterocycles. The largest absolute Gasteiger partial charge is 0.282 e. The molecule has 0 aliphatic carbocycles. The molecule has 0 unspecified atom stereocenters. The van der Waals surface area contributed by atoms with Crippen molar-refractivity contribution < 1.29 is 14.6 Å². The van der Waals surface area contributed by atoms with Gasteiger partial charge >= 0.3 is 0 Å². The van der Waals surface area contributed by atoms with Crippen LogP contribution in [0, 0.1) is 10.1 Å². The number of benzene rings is 1. The summed E-state index contributed by atoms with van der Waals surface area (Å²) in [6.45, 7) is 1.99. The summed E-state index contributed by atoms with van der Waals surface area (Å²) in [4.78, 5) is 27.3. The van der Waals surface area contributed by atoms with Crippen molar-refractivity contribution in [1.82, 2.24) is 5.48 Å². The van der Waals surface area contributed by atoms with E-state index in [0.29, 0.717) is 6.61 Å². The summed E-state index contributed by atoms with van der Waals surface area (Å²) in [6.07, 6.45) is 1.82. The normalized spacial score (nSPS) is 10.0. The summed E-state index contributed by atoms with van der Waals surface area (Å²) >= 11 is 1.40. The van der Waals surface area contributed by atoms with E-state index in [1.807, 2.05) is 6.26 Å². The highest BCUT2D eigenvalue weighted by atomic mass is 32.2. The summed E-state index contributed by atoms with van der Waals surface area (Å²) in [5, 5.41) is 10.8. The van der Waals surface area contributed by atoms with Crippen molar-refractivity contribution in [2.45, 2.75) is 11.8 Å². The van der Waals surface area contributed by atoms with Gasteiger partial charge in [-0.2, -0.15) is 0 Å².